The van der Waals surface area contributed by atoms with Gasteiger partial charge in [0, 0.05) is 0 Å². The first kappa shape index (κ1) is 14.9. The highest BCUT2D eigenvalue weighted by Gasteiger charge is 2.27. The van der Waals surface area contributed by atoms with Gasteiger partial charge in [-0.05, 0) is 30.7 Å². The highest BCUT2D eigenvalue weighted by Crippen LogP contribution is 2.26. The second-order valence-electron chi connectivity index (χ2n) is 4.94. The van der Waals surface area contributed by atoms with Crippen LogP contribution < -0.4 is 5.73 Å². The molecule has 0 aromatic rings. The van der Waals surface area contributed by atoms with Crippen molar-refractivity contribution in [1.29, 1.82) is 0 Å². The third kappa shape index (κ3) is 4.98. The summed E-state index contributed by atoms with van der Waals surface area (Å²) in [7, 11) is 0. The van der Waals surface area contributed by atoms with Gasteiger partial charge in [0.25, 0.3) is 0 Å². The second-order valence-corrected chi connectivity index (χ2v) is 4.94. The van der Waals surface area contributed by atoms with E-state index in [9.17, 15) is 5.11 Å². The lowest BCUT2D eigenvalue weighted by atomic mass is 9.80. The maximum absolute atomic E-state index is 10.3. The van der Waals surface area contributed by atoms with E-state index in [1.807, 2.05) is 0 Å². The van der Waals surface area contributed by atoms with E-state index in [1.165, 1.54) is 12.8 Å². The van der Waals surface area contributed by atoms with Gasteiger partial charge in [-0.3, -0.25) is 0 Å². The van der Waals surface area contributed by atoms with Gasteiger partial charge in [-0.15, -0.1) is 0 Å². The van der Waals surface area contributed by atoms with E-state index in [1.54, 1.807) is 0 Å². The van der Waals surface area contributed by atoms with Crippen molar-refractivity contribution >= 4 is 0 Å². The number of unbranched alkanes of at least 4 members (excludes halogenated alkanes) is 1. The maximum Gasteiger partial charge on any atom is 0.0610 e. The van der Waals surface area contributed by atoms with Crippen LogP contribution in [0, 0.1) is 17.8 Å². The monoisotopic (exact) mass is 215 g/mol. The average molecular weight is 215 g/mol. The Morgan fingerprint density at radius 1 is 1.20 bits per heavy atom. The Labute approximate surface area is 95.3 Å². The number of rotatable bonds is 8. The summed E-state index contributed by atoms with van der Waals surface area (Å²) in [4.78, 5) is 0. The van der Waals surface area contributed by atoms with Crippen LogP contribution in [0.4, 0.5) is 0 Å². The van der Waals surface area contributed by atoms with Crippen LogP contribution in [0.2, 0.25) is 0 Å². The lowest BCUT2D eigenvalue weighted by Gasteiger charge is -2.31. The van der Waals surface area contributed by atoms with Crippen molar-refractivity contribution < 1.29 is 5.11 Å². The minimum atomic E-state index is -0.216. The summed E-state index contributed by atoms with van der Waals surface area (Å²) in [5.74, 6) is 1.16. The van der Waals surface area contributed by atoms with Crippen molar-refractivity contribution in [1.82, 2.24) is 0 Å². The molecule has 0 aromatic heterocycles. The Kier molecular flexibility index (Phi) is 8.07. The quantitative estimate of drug-likeness (QED) is 0.654. The van der Waals surface area contributed by atoms with Crippen molar-refractivity contribution in [3.05, 3.63) is 0 Å². The zero-order valence-electron chi connectivity index (χ0n) is 10.9. The van der Waals surface area contributed by atoms with Gasteiger partial charge in [0.2, 0.25) is 0 Å². The molecule has 3 atom stereocenters. The van der Waals surface area contributed by atoms with E-state index in [2.05, 4.69) is 27.7 Å². The summed E-state index contributed by atoms with van der Waals surface area (Å²) >= 11 is 0. The molecule has 0 radical (unpaired) electrons. The van der Waals surface area contributed by atoms with E-state index >= 15 is 0 Å². The standard InChI is InChI=1S/C13H29NO/c1-5-7-8-11(6-2)13(15)12(9-14)10(3)4/h10-13,15H,5-9,14H2,1-4H3. The molecule has 0 rings (SSSR count). The van der Waals surface area contributed by atoms with E-state index in [4.69, 9.17) is 5.73 Å². The molecule has 3 unspecified atom stereocenters. The van der Waals surface area contributed by atoms with Gasteiger partial charge in [-0.25, -0.2) is 0 Å². The van der Waals surface area contributed by atoms with Gasteiger partial charge < -0.3 is 10.8 Å². The Balaban J connectivity index is 4.26. The van der Waals surface area contributed by atoms with Crippen LogP contribution in [0.5, 0.6) is 0 Å². The third-order valence-electron chi connectivity index (χ3n) is 3.50. The second kappa shape index (κ2) is 8.12. The molecule has 2 heteroatoms. The van der Waals surface area contributed by atoms with E-state index in [0.29, 0.717) is 18.4 Å². The Bertz CT molecular complexity index is 147. The molecule has 0 fully saturated rings. The fourth-order valence-electron chi connectivity index (χ4n) is 2.24. The predicted molar refractivity (Wildman–Crippen MR) is 66.7 cm³/mol. The smallest absolute Gasteiger partial charge is 0.0610 e. The molecule has 0 aliphatic carbocycles. The summed E-state index contributed by atoms with van der Waals surface area (Å²) in [6.45, 7) is 9.25. The van der Waals surface area contributed by atoms with Gasteiger partial charge in [-0.1, -0.05) is 47.0 Å². The first-order chi connectivity index (χ1) is 7.08. The molecule has 0 aliphatic heterocycles. The Morgan fingerprint density at radius 3 is 2.13 bits per heavy atom. The molecule has 15 heavy (non-hydrogen) atoms. The Morgan fingerprint density at radius 2 is 1.80 bits per heavy atom. The molecule has 0 heterocycles. The maximum atomic E-state index is 10.3. The van der Waals surface area contributed by atoms with Crippen LogP contribution in [0.3, 0.4) is 0 Å². The molecule has 2 nitrogen and oxygen atoms in total. The highest BCUT2D eigenvalue weighted by atomic mass is 16.3. The fourth-order valence-corrected chi connectivity index (χ4v) is 2.24. The van der Waals surface area contributed by atoms with Gasteiger partial charge in [0.15, 0.2) is 0 Å². The van der Waals surface area contributed by atoms with Crippen LogP contribution in [-0.4, -0.2) is 17.8 Å². The Hall–Kier alpha value is -0.0800. The van der Waals surface area contributed by atoms with Crippen molar-refractivity contribution in [2.45, 2.75) is 59.5 Å². The van der Waals surface area contributed by atoms with Crippen LogP contribution >= 0.6 is 0 Å². The molecule has 3 N–H and O–H groups in total. The minimum Gasteiger partial charge on any atom is -0.392 e. The topological polar surface area (TPSA) is 46.2 Å². The largest absolute Gasteiger partial charge is 0.392 e. The van der Waals surface area contributed by atoms with Gasteiger partial charge >= 0.3 is 0 Å². The van der Waals surface area contributed by atoms with Crippen molar-refractivity contribution in [2.75, 3.05) is 6.54 Å². The third-order valence-corrected chi connectivity index (χ3v) is 3.50. The molecular weight excluding hydrogens is 186 g/mol. The van der Waals surface area contributed by atoms with E-state index in [-0.39, 0.29) is 12.0 Å². The molecule has 92 valence electrons. The molecule has 0 aliphatic rings. The summed E-state index contributed by atoms with van der Waals surface area (Å²) in [6.07, 6.45) is 4.40. The number of hydrogen-bond donors (Lipinski definition) is 2. The first-order valence-corrected chi connectivity index (χ1v) is 6.46. The highest BCUT2D eigenvalue weighted by molar-refractivity contribution is 4.78. The van der Waals surface area contributed by atoms with Crippen molar-refractivity contribution in [3.63, 3.8) is 0 Å². The van der Waals surface area contributed by atoms with Gasteiger partial charge in [0.05, 0.1) is 6.10 Å². The SMILES string of the molecule is CCCCC(CC)C(O)C(CN)C(C)C. The summed E-state index contributed by atoms with van der Waals surface area (Å²) in [5, 5.41) is 10.3. The zero-order chi connectivity index (χ0) is 11.8. The summed E-state index contributed by atoms with van der Waals surface area (Å²) in [5.41, 5.74) is 5.74. The molecule has 0 saturated carbocycles. The number of hydrogen-bond acceptors (Lipinski definition) is 2. The summed E-state index contributed by atoms with van der Waals surface area (Å²) < 4.78 is 0. The van der Waals surface area contributed by atoms with Crippen LogP contribution in [0.15, 0.2) is 0 Å². The van der Waals surface area contributed by atoms with Crippen molar-refractivity contribution in [2.24, 2.45) is 23.5 Å². The predicted octanol–water partition coefficient (Wildman–Crippen LogP) is 2.79. The van der Waals surface area contributed by atoms with E-state index < -0.39 is 0 Å². The molecule has 0 spiro atoms. The molecule has 0 saturated heterocycles. The molecule has 0 aromatic carbocycles. The van der Waals surface area contributed by atoms with E-state index in [0.717, 1.165) is 12.8 Å². The summed E-state index contributed by atoms with van der Waals surface area (Å²) in [6, 6.07) is 0. The number of nitrogens with two attached hydrogens (primary N) is 1. The zero-order valence-corrected chi connectivity index (χ0v) is 10.9. The number of aliphatic hydroxyl groups excluding tert-OH is 1. The average Bonchev–Trinajstić information content (AvgIpc) is 2.19. The fraction of sp³-hybridized carbons (Fsp3) is 1.00. The van der Waals surface area contributed by atoms with Gasteiger partial charge in [0.1, 0.15) is 0 Å². The lowest BCUT2D eigenvalue weighted by Crippen LogP contribution is -2.37. The molecule has 0 amide bonds. The number of aliphatic hydroxyl groups is 1. The molecule has 0 bridgehead atoms. The normalized spacial score (nSPS) is 17.8. The van der Waals surface area contributed by atoms with Gasteiger partial charge in [-0.2, -0.15) is 0 Å². The van der Waals surface area contributed by atoms with Crippen molar-refractivity contribution in [3.8, 4) is 0 Å². The van der Waals surface area contributed by atoms with Crippen LogP contribution in [0.1, 0.15) is 53.4 Å². The van der Waals surface area contributed by atoms with Crippen LogP contribution in [-0.2, 0) is 0 Å². The van der Waals surface area contributed by atoms with Crippen LogP contribution in [0.25, 0.3) is 0 Å². The minimum absolute atomic E-state index is 0.216. The lowest BCUT2D eigenvalue weighted by molar-refractivity contribution is 0.0276. The first-order valence-electron chi connectivity index (χ1n) is 6.46. The molecular formula is C13H29NO.